The maximum Gasteiger partial charge on any atom is 0.416 e. The van der Waals surface area contributed by atoms with Gasteiger partial charge in [0.05, 0.1) is 10.5 Å². The fourth-order valence-corrected chi connectivity index (χ4v) is 4.29. The first kappa shape index (κ1) is 20.3. The smallest absolute Gasteiger partial charge is 0.336 e. The van der Waals surface area contributed by atoms with Gasteiger partial charge in [-0.1, -0.05) is 0 Å². The molecule has 0 aliphatic carbocycles. The highest BCUT2D eigenvalue weighted by Gasteiger charge is 2.32. The largest absolute Gasteiger partial charge is 0.416 e. The molecular formula is C18H16F4N2O3S. The van der Waals surface area contributed by atoms with Crippen molar-refractivity contribution in [3.8, 4) is 0 Å². The Bertz CT molecular complexity index is 950. The number of amides is 1. The molecule has 0 spiro atoms. The second-order valence-electron chi connectivity index (χ2n) is 6.23. The molecule has 0 aromatic heterocycles. The van der Waals surface area contributed by atoms with E-state index in [0.717, 1.165) is 36.4 Å². The second kappa shape index (κ2) is 7.51. The molecule has 5 nitrogen and oxygen atoms in total. The van der Waals surface area contributed by atoms with Crippen LogP contribution in [0.4, 0.5) is 17.6 Å². The van der Waals surface area contributed by atoms with Crippen molar-refractivity contribution >= 4 is 15.9 Å². The van der Waals surface area contributed by atoms with Crippen LogP contribution in [0.1, 0.15) is 15.9 Å². The zero-order valence-electron chi connectivity index (χ0n) is 14.5. The highest BCUT2D eigenvalue weighted by molar-refractivity contribution is 7.89. The van der Waals surface area contributed by atoms with Crippen LogP contribution in [0.15, 0.2) is 53.4 Å². The monoisotopic (exact) mass is 416 g/mol. The number of hydrogen-bond donors (Lipinski definition) is 0. The summed E-state index contributed by atoms with van der Waals surface area (Å²) < 4.78 is 77.2. The molecule has 0 radical (unpaired) electrons. The van der Waals surface area contributed by atoms with Gasteiger partial charge in [-0.2, -0.15) is 17.5 Å². The maximum atomic E-state index is 13.0. The Kier molecular flexibility index (Phi) is 5.44. The Balaban J connectivity index is 1.66. The summed E-state index contributed by atoms with van der Waals surface area (Å²) in [6.07, 6.45) is -4.48. The van der Waals surface area contributed by atoms with Gasteiger partial charge < -0.3 is 4.90 Å². The van der Waals surface area contributed by atoms with Crippen molar-refractivity contribution in [3.63, 3.8) is 0 Å². The number of carbonyl (C=O) groups is 1. The molecule has 3 rings (SSSR count). The number of carbonyl (C=O) groups excluding carboxylic acids is 1. The molecule has 1 aliphatic rings. The predicted octanol–water partition coefficient (Wildman–Crippen LogP) is 2.99. The van der Waals surface area contributed by atoms with Gasteiger partial charge in [0.1, 0.15) is 5.82 Å². The zero-order chi connectivity index (χ0) is 20.5. The Morgan fingerprint density at radius 3 is 1.89 bits per heavy atom. The Morgan fingerprint density at radius 2 is 1.39 bits per heavy atom. The van der Waals surface area contributed by atoms with Crippen molar-refractivity contribution in [2.24, 2.45) is 0 Å². The van der Waals surface area contributed by atoms with Gasteiger partial charge in [-0.15, -0.1) is 0 Å². The minimum absolute atomic E-state index is 0.0338. The molecule has 0 saturated carbocycles. The summed E-state index contributed by atoms with van der Waals surface area (Å²) in [7, 11) is -3.81. The molecular weight excluding hydrogens is 400 g/mol. The third kappa shape index (κ3) is 4.17. The Morgan fingerprint density at radius 1 is 0.857 bits per heavy atom. The number of hydrogen-bond acceptors (Lipinski definition) is 3. The van der Waals surface area contributed by atoms with E-state index in [4.69, 9.17) is 0 Å². The van der Waals surface area contributed by atoms with Crippen molar-refractivity contribution in [2.75, 3.05) is 26.2 Å². The van der Waals surface area contributed by atoms with Crippen LogP contribution >= 0.6 is 0 Å². The first-order chi connectivity index (χ1) is 13.1. The van der Waals surface area contributed by atoms with E-state index in [-0.39, 0.29) is 36.6 Å². The molecule has 10 heteroatoms. The topological polar surface area (TPSA) is 57.7 Å². The maximum absolute atomic E-state index is 13.0. The molecule has 2 aromatic rings. The molecule has 0 atom stereocenters. The minimum Gasteiger partial charge on any atom is -0.336 e. The summed E-state index contributed by atoms with van der Waals surface area (Å²) in [5.74, 6) is -1.02. The van der Waals surface area contributed by atoms with Gasteiger partial charge in [-0.3, -0.25) is 4.79 Å². The average Bonchev–Trinajstić information content (AvgIpc) is 2.67. The lowest BCUT2D eigenvalue weighted by Gasteiger charge is -2.34. The molecule has 1 amide bonds. The van der Waals surface area contributed by atoms with Crippen LogP contribution in [0.3, 0.4) is 0 Å². The van der Waals surface area contributed by atoms with E-state index in [1.165, 1.54) is 21.3 Å². The summed E-state index contributed by atoms with van der Waals surface area (Å²) in [6, 6.07) is 8.33. The van der Waals surface area contributed by atoms with Crippen LogP contribution in [0, 0.1) is 5.82 Å². The van der Waals surface area contributed by atoms with Crippen LogP contribution < -0.4 is 0 Å². The van der Waals surface area contributed by atoms with E-state index in [1.54, 1.807) is 0 Å². The number of alkyl halides is 3. The summed E-state index contributed by atoms with van der Waals surface area (Å²) >= 11 is 0. The van der Waals surface area contributed by atoms with Gasteiger partial charge in [0.15, 0.2) is 0 Å². The van der Waals surface area contributed by atoms with E-state index in [1.807, 2.05) is 0 Å². The molecule has 0 N–H and O–H groups in total. The van der Waals surface area contributed by atoms with Gasteiger partial charge in [0.25, 0.3) is 5.91 Å². The number of sulfonamides is 1. The van der Waals surface area contributed by atoms with Crippen molar-refractivity contribution in [1.29, 1.82) is 0 Å². The lowest BCUT2D eigenvalue weighted by molar-refractivity contribution is -0.137. The lowest BCUT2D eigenvalue weighted by atomic mass is 10.1. The summed E-state index contributed by atoms with van der Waals surface area (Å²) in [5, 5.41) is 0. The van der Waals surface area contributed by atoms with Gasteiger partial charge >= 0.3 is 6.18 Å². The van der Waals surface area contributed by atoms with Crippen molar-refractivity contribution in [3.05, 3.63) is 65.5 Å². The van der Waals surface area contributed by atoms with Gasteiger partial charge in [-0.25, -0.2) is 12.8 Å². The van der Waals surface area contributed by atoms with E-state index < -0.39 is 33.5 Å². The highest BCUT2D eigenvalue weighted by atomic mass is 32.2. The molecule has 1 saturated heterocycles. The van der Waals surface area contributed by atoms with Crippen LogP contribution in [-0.4, -0.2) is 49.7 Å². The van der Waals surface area contributed by atoms with E-state index in [0.29, 0.717) is 0 Å². The predicted molar refractivity (Wildman–Crippen MR) is 92.5 cm³/mol. The molecule has 150 valence electrons. The highest BCUT2D eigenvalue weighted by Crippen LogP contribution is 2.29. The van der Waals surface area contributed by atoms with Gasteiger partial charge in [0, 0.05) is 31.7 Å². The van der Waals surface area contributed by atoms with Gasteiger partial charge in [-0.05, 0) is 48.5 Å². The van der Waals surface area contributed by atoms with E-state index >= 15 is 0 Å². The SMILES string of the molecule is O=C(c1ccc(C(F)(F)F)cc1)N1CCN(S(=O)(=O)c2ccc(F)cc2)CC1. The molecule has 1 aliphatic heterocycles. The standard InChI is InChI=1S/C18H16F4N2O3S/c19-15-5-7-16(8-6-15)28(26,27)24-11-9-23(10-12-24)17(25)13-1-3-14(4-2-13)18(20,21)22/h1-8H,9-12H2. The fraction of sp³-hybridized carbons (Fsp3) is 0.278. The Labute approximate surface area is 159 Å². The minimum atomic E-state index is -4.48. The van der Waals surface area contributed by atoms with Crippen molar-refractivity contribution in [2.45, 2.75) is 11.1 Å². The number of halogens is 4. The molecule has 0 unspecified atom stereocenters. The molecule has 28 heavy (non-hydrogen) atoms. The summed E-state index contributed by atoms with van der Waals surface area (Å²) in [6.45, 7) is 0.263. The van der Waals surface area contributed by atoms with Crippen LogP contribution in [-0.2, 0) is 16.2 Å². The third-order valence-corrected chi connectivity index (χ3v) is 6.35. The molecule has 2 aromatic carbocycles. The molecule has 0 bridgehead atoms. The van der Waals surface area contributed by atoms with Crippen LogP contribution in [0.25, 0.3) is 0 Å². The fourth-order valence-electron chi connectivity index (χ4n) is 2.87. The quantitative estimate of drug-likeness (QED) is 0.723. The second-order valence-corrected chi connectivity index (χ2v) is 8.16. The number of nitrogens with zero attached hydrogens (tertiary/aromatic N) is 2. The van der Waals surface area contributed by atoms with Crippen molar-refractivity contribution < 1.29 is 30.8 Å². The van der Waals surface area contributed by atoms with Gasteiger partial charge in [0.2, 0.25) is 10.0 Å². The van der Waals surface area contributed by atoms with E-state index in [9.17, 15) is 30.8 Å². The molecule has 1 heterocycles. The number of benzene rings is 2. The first-order valence-electron chi connectivity index (χ1n) is 8.31. The van der Waals surface area contributed by atoms with Crippen molar-refractivity contribution in [1.82, 2.24) is 9.21 Å². The zero-order valence-corrected chi connectivity index (χ0v) is 15.3. The normalized spacial score (nSPS) is 16.2. The third-order valence-electron chi connectivity index (χ3n) is 4.44. The first-order valence-corrected chi connectivity index (χ1v) is 9.75. The molecule has 1 fully saturated rings. The van der Waals surface area contributed by atoms with E-state index in [2.05, 4.69) is 0 Å². The number of piperazine rings is 1. The lowest BCUT2D eigenvalue weighted by Crippen LogP contribution is -2.50. The van der Waals surface area contributed by atoms with Crippen LogP contribution in [0.5, 0.6) is 0 Å². The summed E-state index contributed by atoms with van der Waals surface area (Å²) in [4.78, 5) is 13.8. The number of rotatable bonds is 3. The summed E-state index contributed by atoms with van der Waals surface area (Å²) in [5.41, 5.74) is -0.748. The average molecular weight is 416 g/mol. The van der Waals surface area contributed by atoms with Crippen LogP contribution in [0.2, 0.25) is 0 Å². The Hall–Kier alpha value is -2.46.